The Bertz CT molecular complexity index is 1050. The molecule has 138 valence electrons. The normalized spacial score (nSPS) is 10.4. The third-order valence-electron chi connectivity index (χ3n) is 4.09. The van der Waals surface area contributed by atoms with E-state index in [9.17, 15) is 4.79 Å². The third-order valence-corrected chi connectivity index (χ3v) is 4.09. The van der Waals surface area contributed by atoms with Crippen LogP contribution >= 0.6 is 0 Å². The van der Waals surface area contributed by atoms with Gasteiger partial charge in [-0.15, -0.1) is 5.10 Å². The minimum atomic E-state index is -0.378. The molecule has 28 heavy (non-hydrogen) atoms. The summed E-state index contributed by atoms with van der Waals surface area (Å²) in [5.41, 5.74) is 2.55. The van der Waals surface area contributed by atoms with Crippen LogP contribution in [0, 0.1) is 0 Å². The summed E-state index contributed by atoms with van der Waals surface area (Å²) < 4.78 is 7.52. The lowest BCUT2D eigenvalue weighted by molar-refractivity contribution is 0.101. The van der Waals surface area contributed by atoms with Crippen molar-refractivity contribution in [1.82, 2.24) is 15.0 Å². The van der Waals surface area contributed by atoms with Gasteiger partial charge in [-0.25, -0.2) is 0 Å². The number of hydrogen-bond donors (Lipinski definition) is 1. The average molecular weight is 370 g/mol. The van der Waals surface area contributed by atoms with Crippen LogP contribution in [0.1, 0.15) is 16.1 Å². The summed E-state index contributed by atoms with van der Waals surface area (Å²) in [7, 11) is 0. The molecule has 3 aromatic carbocycles. The highest BCUT2D eigenvalue weighted by Crippen LogP contribution is 2.23. The monoisotopic (exact) mass is 370 g/mol. The second-order valence-corrected chi connectivity index (χ2v) is 6.08. The molecule has 0 saturated carbocycles. The van der Waals surface area contributed by atoms with E-state index in [0.29, 0.717) is 18.2 Å². The number of hydrogen-bond acceptors (Lipinski definition) is 4. The van der Waals surface area contributed by atoms with Crippen LogP contribution in [-0.4, -0.2) is 20.9 Å². The fourth-order valence-electron chi connectivity index (χ4n) is 2.72. The van der Waals surface area contributed by atoms with Crippen molar-refractivity contribution < 1.29 is 9.53 Å². The van der Waals surface area contributed by atoms with Crippen LogP contribution in [0.4, 0.5) is 5.69 Å². The molecule has 0 fully saturated rings. The first-order chi connectivity index (χ1) is 13.8. The number of ether oxygens (including phenoxy) is 1. The summed E-state index contributed by atoms with van der Waals surface area (Å²) in [5.74, 6) is -0.0834. The molecule has 0 unspecified atom stereocenters. The van der Waals surface area contributed by atoms with Gasteiger partial charge in [0.05, 0.1) is 5.69 Å². The zero-order valence-electron chi connectivity index (χ0n) is 15.0. The van der Waals surface area contributed by atoms with E-state index in [-0.39, 0.29) is 11.6 Å². The lowest BCUT2D eigenvalue weighted by Crippen LogP contribution is -2.14. The Morgan fingerprint density at radius 3 is 2.14 bits per heavy atom. The first kappa shape index (κ1) is 17.5. The van der Waals surface area contributed by atoms with Gasteiger partial charge in [0.25, 0.3) is 11.8 Å². The van der Waals surface area contributed by atoms with Crippen LogP contribution < -0.4 is 10.1 Å². The van der Waals surface area contributed by atoms with Crippen molar-refractivity contribution in [3.63, 3.8) is 0 Å². The van der Waals surface area contributed by atoms with Crippen molar-refractivity contribution in [3.05, 3.63) is 102 Å². The van der Waals surface area contributed by atoms with Gasteiger partial charge in [-0.05, 0) is 29.8 Å². The van der Waals surface area contributed by atoms with Gasteiger partial charge in [0, 0.05) is 5.69 Å². The molecule has 1 heterocycles. The van der Waals surface area contributed by atoms with E-state index in [2.05, 4.69) is 15.6 Å². The number of rotatable bonds is 6. The van der Waals surface area contributed by atoms with Gasteiger partial charge in [-0.2, -0.15) is 4.68 Å². The number of benzene rings is 3. The summed E-state index contributed by atoms with van der Waals surface area (Å²) in [6.45, 7) is 0.298. The highest BCUT2D eigenvalue weighted by Gasteiger charge is 2.22. The molecule has 0 radical (unpaired) electrons. The summed E-state index contributed by atoms with van der Waals surface area (Å²) >= 11 is 0. The van der Waals surface area contributed by atoms with Crippen LogP contribution in [0.3, 0.4) is 0 Å². The first-order valence-corrected chi connectivity index (χ1v) is 8.85. The molecule has 4 rings (SSSR count). The lowest BCUT2D eigenvalue weighted by atomic mass is 10.2. The van der Waals surface area contributed by atoms with Gasteiger partial charge in [0.1, 0.15) is 6.61 Å². The predicted molar refractivity (Wildman–Crippen MR) is 107 cm³/mol. The van der Waals surface area contributed by atoms with Crippen molar-refractivity contribution >= 4 is 11.6 Å². The highest BCUT2D eigenvalue weighted by atomic mass is 16.5. The molecule has 1 N–H and O–H groups in total. The molecular formula is C22H18N4O2. The van der Waals surface area contributed by atoms with Crippen LogP contribution in [0.2, 0.25) is 0 Å². The SMILES string of the molecule is O=C(Nc1ccccc1)c1nnn(-c2ccccc2)c1OCc1ccccc1. The van der Waals surface area contributed by atoms with Gasteiger partial charge >= 0.3 is 0 Å². The number of nitrogens with one attached hydrogen (secondary N) is 1. The van der Waals surface area contributed by atoms with Crippen molar-refractivity contribution in [2.45, 2.75) is 6.61 Å². The summed E-state index contributed by atoms with van der Waals surface area (Å²) in [4.78, 5) is 12.8. The van der Waals surface area contributed by atoms with E-state index in [1.165, 1.54) is 4.68 Å². The van der Waals surface area contributed by atoms with Crippen molar-refractivity contribution in [1.29, 1.82) is 0 Å². The Labute approximate surface area is 162 Å². The smallest absolute Gasteiger partial charge is 0.281 e. The second-order valence-electron chi connectivity index (χ2n) is 6.08. The number of aromatic nitrogens is 3. The summed E-state index contributed by atoms with van der Waals surface area (Å²) in [6, 6.07) is 28.4. The van der Waals surface area contributed by atoms with Gasteiger partial charge < -0.3 is 10.1 Å². The molecule has 1 amide bonds. The summed E-state index contributed by atoms with van der Waals surface area (Å²) in [6.07, 6.45) is 0. The Balaban J connectivity index is 1.65. The molecule has 0 aliphatic rings. The molecule has 0 aliphatic heterocycles. The summed E-state index contributed by atoms with van der Waals surface area (Å²) in [5, 5.41) is 11.0. The van der Waals surface area contributed by atoms with Crippen LogP contribution in [0.15, 0.2) is 91.0 Å². The van der Waals surface area contributed by atoms with Crippen LogP contribution in [0.5, 0.6) is 5.88 Å². The molecule has 6 nitrogen and oxygen atoms in total. The maximum absolute atomic E-state index is 12.8. The first-order valence-electron chi connectivity index (χ1n) is 8.85. The topological polar surface area (TPSA) is 69.0 Å². The zero-order valence-corrected chi connectivity index (χ0v) is 15.0. The van der Waals surface area contributed by atoms with Gasteiger partial charge in [-0.1, -0.05) is 71.9 Å². The molecule has 0 spiro atoms. The standard InChI is InChI=1S/C22H18N4O2/c27-21(23-18-12-6-2-7-13-18)20-22(28-16-17-10-4-1-5-11-17)26(25-24-20)19-14-8-3-9-15-19/h1-15H,16H2,(H,23,27). The van der Waals surface area contributed by atoms with Crippen LogP contribution in [-0.2, 0) is 6.61 Å². The van der Waals surface area contributed by atoms with Crippen LogP contribution in [0.25, 0.3) is 5.69 Å². The lowest BCUT2D eigenvalue weighted by Gasteiger charge is -2.10. The number of para-hydroxylation sites is 2. The molecule has 0 bridgehead atoms. The van der Waals surface area contributed by atoms with E-state index in [4.69, 9.17) is 4.74 Å². The minimum absolute atomic E-state index is 0.128. The van der Waals surface area contributed by atoms with E-state index in [1.54, 1.807) is 0 Å². The van der Waals surface area contributed by atoms with Crippen molar-refractivity contribution in [3.8, 4) is 11.6 Å². The average Bonchev–Trinajstić information content (AvgIpc) is 3.18. The molecule has 6 heteroatoms. The van der Waals surface area contributed by atoms with Gasteiger partial charge in [0.15, 0.2) is 0 Å². The molecule has 4 aromatic rings. The fourth-order valence-corrected chi connectivity index (χ4v) is 2.72. The number of carbonyl (C=O) groups is 1. The molecule has 0 aliphatic carbocycles. The number of nitrogens with zero attached hydrogens (tertiary/aromatic N) is 3. The Morgan fingerprint density at radius 1 is 0.857 bits per heavy atom. The van der Waals surface area contributed by atoms with Crippen molar-refractivity contribution in [2.24, 2.45) is 0 Å². The third kappa shape index (κ3) is 3.91. The maximum Gasteiger partial charge on any atom is 0.281 e. The molecule has 0 saturated heterocycles. The highest BCUT2D eigenvalue weighted by molar-refractivity contribution is 6.04. The van der Waals surface area contributed by atoms with E-state index in [1.807, 2.05) is 91.0 Å². The zero-order chi connectivity index (χ0) is 19.2. The second kappa shape index (κ2) is 8.18. The Hall–Kier alpha value is -3.93. The van der Waals surface area contributed by atoms with Crippen molar-refractivity contribution in [2.75, 3.05) is 5.32 Å². The largest absolute Gasteiger partial charge is 0.471 e. The van der Waals surface area contributed by atoms with Gasteiger partial charge in [-0.3, -0.25) is 4.79 Å². The minimum Gasteiger partial charge on any atom is -0.471 e. The number of carbonyl (C=O) groups excluding carboxylic acids is 1. The van der Waals surface area contributed by atoms with E-state index >= 15 is 0 Å². The number of anilines is 1. The number of amides is 1. The van der Waals surface area contributed by atoms with E-state index in [0.717, 1.165) is 11.3 Å². The van der Waals surface area contributed by atoms with Gasteiger partial charge in [0.2, 0.25) is 5.69 Å². The maximum atomic E-state index is 12.8. The fraction of sp³-hybridized carbons (Fsp3) is 0.0455. The quantitative estimate of drug-likeness (QED) is 0.555. The Kier molecular flexibility index (Phi) is 5.11. The molecular weight excluding hydrogens is 352 g/mol. The Morgan fingerprint density at radius 2 is 1.46 bits per heavy atom. The predicted octanol–water partition coefficient (Wildman–Crippen LogP) is 4.10. The van der Waals surface area contributed by atoms with E-state index < -0.39 is 0 Å². The molecule has 1 aromatic heterocycles. The molecule has 0 atom stereocenters.